The van der Waals surface area contributed by atoms with Gasteiger partial charge in [0, 0.05) is 15.6 Å². The van der Waals surface area contributed by atoms with E-state index in [0.717, 1.165) is 11.1 Å². The molecule has 1 N–H and O–H groups in total. The number of hydrogen-bond donors (Lipinski definition) is 1. The highest BCUT2D eigenvalue weighted by molar-refractivity contribution is 6.35. The summed E-state index contributed by atoms with van der Waals surface area (Å²) in [5.41, 5.74) is 4.50. The van der Waals surface area contributed by atoms with Crippen LogP contribution in [-0.4, -0.2) is 25.9 Å². The van der Waals surface area contributed by atoms with Crippen molar-refractivity contribution in [2.45, 2.75) is 6.54 Å². The van der Waals surface area contributed by atoms with Crippen LogP contribution in [-0.2, 0) is 16.1 Å². The summed E-state index contributed by atoms with van der Waals surface area (Å²) in [7, 11) is 1.31. The van der Waals surface area contributed by atoms with Crippen molar-refractivity contribution in [3.05, 3.63) is 63.6 Å². The van der Waals surface area contributed by atoms with Gasteiger partial charge in [-0.25, -0.2) is 4.79 Å². The lowest BCUT2D eigenvalue weighted by Gasteiger charge is -2.06. The van der Waals surface area contributed by atoms with Crippen molar-refractivity contribution in [2.75, 3.05) is 13.7 Å². The average molecular weight is 367 g/mol. The second-order valence-electron chi connectivity index (χ2n) is 4.73. The van der Waals surface area contributed by atoms with Gasteiger partial charge < -0.3 is 14.9 Å². The summed E-state index contributed by atoms with van der Waals surface area (Å²) in [5, 5.41) is 5.31. The third-order valence-corrected chi connectivity index (χ3v) is 3.77. The number of hydrogen-bond acceptors (Lipinski definition) is 5. The number of esters is 1. The van der Waals surface area contributed by atoms with E-state index >= 15 is 0 Å². The fourth-order valence-electron chi connectivity index (χ4n) is 1.83. The lowest BCUT2D eigenvalue weighted by atomic mass is 10.2. The maximum Gasteiger partial charge on any atom is 0.343 e. The molecule has 0 radical (unpaired) electrons. The molecule has 5 nitrogen and oxygen atoms in total. The Bertz CT molecular complexity index is 715. The Hall–Kier alpha value is -2.24. The van der Waals surface area contributed by atoms with Gasteiger partial charge in [-0.05, 0) is 29.8 Å². The van der Waals surface area contributed by atoms with E-state index < -0.39 is 5.97 Å². The summed E-state index contributed by atoms with van der Waals surface area (Å²) >= 11 is 12.2. The van der Waals surface area contributed by atoms with Crippen LogP contribution in [0.1, 0.15) is 11.1 Å². The summed E-state index contributed by atoms with van der Waals surface area (Å²) in [4.78, 5) is 11.1. The quantitative estimate of drug-likeness (QED) is 0.461. The second-order valence-corrected chi connectivity index (χ2v) is 5.54. The number of nitrogens with zero attached hydrogens (tertiary/aromatic N) is 1. The molecule has 2 aromatic rings. The third-order valence-electron chi connectivity index (χ3n) is 3.06. The van der Waals surface area contributed by atoms with Gasteiger partial charge in [-0.1, -0.05) is 41.4 Å². The van der Waals surface area contributed by atoms with E-state index in [1.807, 2.05) is 6.07 Å². The minimum atomic E-state index is -0.438. The summed E-state index contributed by atoms with van der Waals surface area (Å²) < 4.78 is 9.84. The Morgan fingerprint density at radius 3 is 2.62 bits per heavy atom. The van der Waals surface area contributed by atoms with E-state index in [4.69, 9.17) is 27.9 Å². The Morgan fingerprint density at radius 1 is 1.21 bits per heavy atom. The summed E-state index contributed by atoms with van der Waals surface area (Å²) in [6.07, 6.45) is 1.63. The van der Waals surface area contributed by atoms with E-state index in [0.29, 0.717) is 22.3 Å². The smallest absolute Gasteiger partial charge is 0.343 e. The van der Waals surface area contributed by atoms with Gasteiger partial charge in [-0.3, -0.25) is 0 Å². The molecule has 0 saturated heterocycles. The van der Waals surface area contributed by atoms with Gasteiger partial charge in [-0.15, -0.1) is 0 Å². The Morgan fingerprint density at radius 2 is 1.92 bits per heavy atom. The first-order valence-electron chi connectivity index (χ1n) is 7.08. The predicted octanol–water partition coefficient (Wildman–Crippen LogP) is 3.67. The van der Waals surface area contributed by atoms with Crippen LogP contribution < -0.4 is 10.2 Å². The molecule has 0 unspecified atom stereocenters. The number of nitrogens with one attached hydrogen (secondary N) is 1. The SMILES string of the molecule is COC(=O)COc1cccc(/C=N\NCc2c(Cl)cccc2Cl)c1. The zero-order valence-electron chi connectivity index (χ0n) is 13.0. The van der Waals surface area contributed by atoms with Gasteiger partial charge in [0.2, 0.25) is 0 Å². The molecule has 24 heavy (non-hydrogen) atoms. The number of halogens is 2. The molecule has 7 heteroatoms. The maximum atomic E-state index is 11.1. The molecule has 2 rings (SSSR count). The van der Waals surface area contributed by atoms with E-state index in [-0.39, 0.29) is 6.61 Å². The average Bonchev–Trinajstić information content (AvgIpc) is 2.59. The minimum Gasteiger partial charge on any atom is -0.482 e. The highest BCUT2D eigenvalue weighted by Crippen LogP contribution is 2.23. The normalized spacial score (nSPS) is 10.6. The van der Waals surface area contributed by atoms with E-state index in [1.54, 1.807) is 42.6 Å². The van der Waals surface area contributed by atoms with Crippen molar-refractivity contribution in [3.63, 3.8) is 0 Å². The number of methoxy groups -OCH3 is 1. The lowest BCUT2D eigenvalue weighted by Crippen LogP contribution is -2.12. The molecule has 0 aliphatic carbocycles. The van der Waals surface area contributed by atoms with Crippen LogP contribution in [0.4, 0.5) is 0 Å². The van der Waals surface area contributed by atoms with Crippen molar-refractivity contribution in [1.82, 2.24) is 5.43 Å². The number of hydrazone groups is 1. The second kappa shape index (κ2) is 9.15. The third kappa shape index (κ3) is 5.44. The Kier molecular flexibility index (Phi) is 6.90. The number of rotatable bonds is 7. The summed E-state index contributed by atoms with van der Waals surface area (Å²) in [6, 6.07) is 12.5. The van der Waals surface area contributed by atoms with Crippen molar-refractivity contribution in [2.24, 2.45) is 5.10 Å². The van der Waals surface area contributed by atoms with Gasteiger partial charge in [0.25, 0.3) is 0 Å². The first kappa shape index (κ1) is 18.1. The minimum absolute atomic E-state index is 0.139. The van der Waals surface area contributed by atoms with Crippen molar-refractivity contribution in [1.29, 1.82) is 0 Å². The highest BCUT2D eigenvalue weighted by atomic mass is 35.5. The van der Waals surface area contributed by atoms with Gasteiger partial charge in [0.05, 0.1) is 19.9 Å². The van der Waals surface area contributed by atoms with Crippen LogP contribution in [0, 0.1) is 0 Å². The molecule has 0 heterocycles. The van der Waals surface area contributed by atoms with E-state index in [9.17, 15) is 4.79 Å². The molecule has 0 spiro atoms. The van der Waals surface area contributed by atoms with Gasteiger partial charge >= 0.3 is 5.97 Å². The van der Waals surface area contributed by atoms with Crippen LogP contribution in [0.2, 0.25) is 10.0 Å². The molecule has 0 saturated carbocycles. The molecule has 0 amide bonds. The Labute approximate surface area is 150 Å². The molecule has 126 valence electrons. The molecular weight excluding hydrogens is 351 g/mol. The highest BCUT2D eigenvalue weighted by Gasteiger charge is 2.04. The van der Waals surface area contributed by atoms with Crippen molar-refractivity contribution >= 4 is 35.4 Å². The standard InChI is InChI=1S/C17H16Cl2N2O3/c1-23-17(22)11-24-13-5-2-4-12(8-13)9-20-21-10-14-15(18)6-3-7-16(14)19/h2-9,21H,10-11H2,1H3/b20-9-. The van der Waals surface area contributed by atoms with Gasteiger partial charge in [-0.2, -0.15) is 5.10 Å². The van der Waals surface area contributed by atoms with Crippen LogP contribution >= 0.6 is 23.2 Å². The largest absolute Gasteiger partial charge is 0.482 e. The number of benzene rings is 2. The number of ether oxygens (including phenoxy) is 2. The van der Waals surface area contributed by atoms with Gasteiger partial charge in [0.1, 0.15) is 5.75 Å². The zero-order chi connectivity index (χ0) is 17.4. The van der Waals surface area contributed by atoms with Crippen molar-refractivity contribution < 1.29 is 14.3 Å². The fourth-order valence-corrected chi connectivity index (χ4v) is 2.36. The number of carbonyl (C=O) groups excluding carboxylic acids is 1. The summed E-state index contributed by atoms with van der Waals surface area (Å²) in [5.74, 6) is 0.117. The van der Waals surface area contributed by atoms with Crippen LogP contribution in [0.5, 0.6) is 5.75 Å². The monoisotopic (exact) mass is 366 g/mol. The number of carbonyl (C=O) groups is 1. The topological polar surface area (TPSA) is 59.9 Å². The molecule has 0 fully saturated rings. The maximum absolute atomic E-state index is 11.1. The van der Waals surface area contributed by atoms with Gasteiger partial charge in [0.15, 0.2) is 6.61 Å². The van der Waals surface area contributed by atoms with Crippen LogP contribution in [0.3, 0.4) is 0 Å². The Balaban J connectivity index is 1.91. The molecule has 0 aliphatic heterocycles. The fraction of sp³-hybridized carbons (Fsp3) is 0.176. The molecule has 0 aromatic heterocycles. The molecule has 0 atom stereocenters. The first-order chi connectivity index (χ1) is 11.6. The van der Waals surface area contributed by atoms with E-state index in [2.05, 4.69) is 15.3 Å². The van der Waals surface area contributed by atoms with Crippen molar-refractivity contribution in [3.8, 4) is 5.75 Å². The molecular formula is C17H16Cl2N2O3. The lowest BCUT2D eigenvalue weighted by molar-refractivity contribution is -0.142. The van der Waals surface area contributed by atoms with Crippen LogP contribution in [0.25, 0.3) is 0 Å². The molecule has 0 bridgehead atoms. The molecule has 0 aliphatic rings. The van der Waals surface area contributed by atoms with Crippen LogP contribution in [0.15, 0.2) is 47.6 Å². The summed E-state index contributed by atoms with van der Waals surface area (Å²) in [6.45, 7) is 0.272. The predicted molar refractivity (Wildman–Crippen MR) is 94.8 cm³/mol. The van der Waals surface area contributed by atoms with E-state index in [1.165, 1.54) is 7.11 Å². The molecule has 2 aromatic carbocycles. The zero-order valence-corrected chi connectivity index (χ0v) is 14.5. The first-order valence-corrected chi connectivity index (χ1v) is 7.84.